The van der Waals surface area contributed by atoms with E-state index in [0.29, 0.717) is 41.4 Å². The highest BCUT2D eigenvalue weighted by Crippen LogP contribution is 2.24. The lowest BCUT2D eigenvalue weighted by Gasteiger charge is -2.11. The Bertz CT molecular complexity index is 1070. The molecule has 0 unspecified atom stereocenters. The van der Waals surface area contributed by atoms with Crippen molar-refractivity contribution in [2.75, 3.05) is 19.0 Å². The fraction of sp³-hybridized carbons (Fsp3) is 0.261. The van der Waals surface area contributed by atoms with Gasteiger partial charge in [-0.25, -0.2) is 4.79 Å². The van der Waals surface area contributed by atoms with Crippen molar-refractivity contribution in [1.82, 2.24) is 9.78 Å². The molecule has 0 saturated heterocycles. The molecule has 0 atom stereocenters. The molecule has 30 heavy (non-hydrogen) atoms. The minimum absolute atomic E-state index is 0.264. The highest BCUT2D eigenvalue weighted by atomic mass is 16.5. The molecule has 1 N–H and O–H groups in total. The summed E-state index contributed by atoms with van der Waals surface area (Å²) in [6.45, 7) is 6.44. The standard InChI is InChI=1S/C23H25N3O4/c1-5-30-20-13-9-8-12-19(20)22(27)24-21-15(2)25-26(16(21)3)14-17-10-6-7-11-18(17)23(28)29-4/h6-13H,5,14H2,1-4H3,(H,24,27). The van der Waals surface area contributed by atoms with Gasteiger partial charge in [-0.05, 0) is 44.5 Å². The number of ether oxygens (including phenoxy) is 2. The summed E-state index contributed by atoms with van der Waals surface area (Å²) in [5.41, 5.74) is 3.85. The van der Waals surface area contributed by atoms with E-state index in [-0.39, 0.29) is 5.91 Å². The average molecular weight is 407 g/mol. The van der Waals surface area contributed by atoms with Gasteiger partial charge in [0, 0.05) is 0 Å². The first-order valence-electron chi connectivity index (χ1n) is 9.69. The second kappa shape index (κ2) is 9.26. The third-order valence-corrected chi connectivity index (χ3v) is 4.79. The number of anilines is 1. The van der Waals surface area contributed by atoms with Crippen LogP contribution in [0.25, 0.3) is 0 Å². The number of aromatic nitrogens is 2. The van der Waals surface area contributed by atoms with Crippen LogP contribution < -0.4 is 10.1 Å². The van der Waals surface area contributed by atoms with Crippen LogP contribution in [0.4, 0.5) is 5.69 Å². The largest absolute Gasteiger partial charge is 0.493 e. The Balaban J connectivity index is 1.87. The zero-order valence-corrected chi connectivity index (χ0v) is 17.6. The first-order chi connectivity index (χ1) is 14.5. The lowest BCUT2D eigenvalue weighted by atomic mass is 10.1. The Hall–Kier alpha value is -3.61. The number of nitrogens with one attached hydrogen (secondary N) is 1. The van der Waals surface area contributed by atoms with Crippen molar-refractivity contribution in [3.63, 3.8) is 0 Å². The number of amides is 1. The van der Waals surface area contributed by atoms with Crippen molar-refractivity contribution in [3.8, 4) is 5.75 Å². The highest BCUT2D eigenvalue weighted by molar-refractivity contribution is 6.06. The van der Waals surface area contributed by atoms with E-state index in [1.54, 1.807) is 35.0 Å². The SMILES string of the molecule is CCOc1ccccc1C(=O)Nc1c(C)nn(Cc2ccccc2C(=O)OC)c1C. The molecule has 0 saturated carbocycles. The minimum atomic E-state index is -0.395. The number of aryl methyl sites for hydroxylation is 1. The average Bonchev–Trinajstić information content (AvgIpc) is 3.01. The lowest BCUT2D eigenvalue weighted by molar-refractivity contribution is 0.0599. The van der Waals surface area contributed by atoms with Gasteiger partial charge >= 0.3 is 5.97 Å². The van der Waals surface area contributed by atoms with Crippen molar-refractivity contribution in [1.29, 1.82) is 0 Å². The molecule has 1 amide bonds. The Morgan fingerprint density at radius 2 is 1.70 bits per heavy atom. The molecule has 0 bridgehead atoms. The number of carbonyl (C=O) groups is 2. The molecule has 0 aliphatic rings. The smallest absolute Gasteiger partial charge is 0.338 e. The van der Waals surface area contributed by atoms with Crippen LogP contribution in [0, 0.1) is 13.8 Å². The van der Waals surface area contributed by atoms with Crippen LogP contribution in [0.3, 0.4) is 0 Å². The molecular formula is C23H25N3O4. The fourth-order valence-electron chi connectivity index (χ4n) is 3.28. The number of benzene rings is 2. The number of hydrogen-bond acceptors (Lipinski definition) is 5. The number of para-hydroxylation sites is 1. The van der Waals surface area contributed by atoms with Gasteiger partial charge in [-0.1, -0.05) is 30.3 Å². The van der Waals surface area contributed by atoms with Gasteiger partial charge in [0.1, 0.15) is 5.75 Å². The van der Waals surface area contributed by atoms with Crippen molar-refractivity contribution in [2.24, 2.45) is 0 Å². The zero-order chi connectivity index (χ0) is 21.7. The second-order valence-corrected chi connectivity index (χ2v) is 6.74. The molecule has 0 radical (unpaired) electrons. The normalized spacial score (nSPS) is 10.5. The van der Waals surface area contributed by atoms with Gasteiger partial charge < -0.3 is 14.8 Å². The molecule has 0 aliphatic carbocycles. The number of rotatable bonds is 7. The van der Waals surface area contributed by atoms with E-state index >= 15 is 0 Å². The fourth-order valence-corrected chi connectivity index (χ4v) is 3.28. The van der Waals surface area contributed by atoms with Gasteiger partial charge in [-0.15, -0.1) is 0 Å². The van der Waals surface area contributed by atoms with Crippen LogP contribution >= 0.6 is 0 Å². The molecule has 1 heterocycles. The van der Waals surface area contributed by atoms with Crippen molar-refractivity contribution in [3.05, 3.63) is 76.6 Å². The van der Waals surface area contributed by atoms with Gasteiger partial charge in [0.05, 0.1) is 48.5 Å². The highest BCUT2D eigenvalue weighted by Gasteiger charge is 2.19. The summed E-state index contributed by atoms with van der Waals surface area (Å²) in [4.78, 5) is 24.9. The van der Waals surface area contributed by atoms with Gasteiger partial charge in [0.2, 0.25) is 0 Å². The number of methoxy groups -OCH3 is 1. The molecule has 3 rings (SSSR count). The van der Waals surface area contributed by atoms with E-state index in [4.69, 9.17) is 9.47 Å². The summed E-state index contributed by atoms with van der Waals surface area (Å²) < 4.78 is 12.2. The second-order valence-electron chi connectivity index (χ2n) is 6.74. The molecule has 0 fully saturated rings. The van der Waals surface area contributed by atoms with Gasteiger partial charge in [-0.3, -0.25) is 9.48 Å². The summed E-state index contributed by atoms with van der Waals surface area (Å²) in [5.74, 6) is -0.125. The Morgan fingerprint density at radius 1 is 1.03 bits per heavy atom. The maximum absolute atomic E-state index is 12.9. The molecule has 7 nitrogen and oxygen atoms in total. The van der Waals surface area contributed by atoms with Crippen molar-refractivity contribution in [2.45, 2.75) is 27.3 Å². The lowest BCUT2D eigenvalue weighted by Crippen LogP contribution is -2.15. The molecule has 156 valence electrons. The van der Waals surface area contributed by atoms with Crippen molar-refractivity contribution < 1.29 is 19.1 Å². The summed E-state index contributed by atoms with van der Waals surface area (Å²) in [6.07, 6.45) is 0. The van der Waals surface area contributed by atoms with Crippen LogP contribution in [0.15, 0.2) is 48.5 Å². The molecular weight excluding hydrogens is 382 g/mol. The first kappa shape index (κ1) is 21.1. The van der Waals surface area contributed by atoms with E-state index in [1.165, 1.54) is 7.11 Å². The van der Waals surface area contributed by atoms with E-state index in [2.05, 4.69) is 10.4 Å². The van der Waals surface area contributed by atoms with Crippen molar-refractivity contribution >= 4 is 17.6 Å². The summed E-state index contributed by atoms with van der Waals surface area (Å²) in [6, 6.07) is 14.4. The van der Waals surface area contributed by atoms with Crippen LogP contribution in [-0.4, -0.2) is 35.4 Å². The molecule has 1 aromatic heterocycles. The molecule has 2 aromatic carbocycles. The number of hydrogen-bond donors (Lipinski definition) is 1. The van der Waals surface area contributed by atoms with E-state index in [0.717, 1.165) is 11.3 Å². The van der Waals surface area contributed by atoms with Gasteiger partial charge in [0.25, 0.3) is 5.91 Å². The molecule has 0 spiro atoms. The van der Waals surface area contributed by atoms with Crippen LogP contribution in [-0.2, 0) is 11.3 Å². The van der Waals surface area contributed by atoms with Gasteiger partial charge in [0.15, 0.2) is 0 Å². The number of esters is 1. The Labute approximate surface area is 175 Å². The topological polar surface area (TPSA) is 82.5 Å². The van der Waals surface area contributed by atoms with Gasteiger partial charge in [-0.2, -0.15) is 5.10 Å². The Morgan fingerprint density at radius 3 is 2.40 bits per heavy atom. The maximum Gasteiger partial charge on any atom is 0.338 e. The monoisotopic (exact) mass is 407 g/mol. The third kappa shape index (κ3) is 4.35. The summed E-state index contributed by atoms with van der Waals surface area (Å²) in [7, 11) is 1.36. The summed E-state index contributed by atoms with van der Waals surface area (Å²) in [5, 5.41) is 7.51. The van der Waals surface area contributed by atoms with E-state index in [9.17, 15) is 9.59 Å². The minimum Gasteiger partial charge on any atom is -0.493 e. The number of nitrogens with zero attached hydrogens (tertiary/aromatic N) is 2. The van der Waals surface area contributed by atoms with Crippen LogP contribution in [0.2, 0.25) is 0 Å². The van der Waals surface area contributed by atoms with Crippen LogP contribution in [0.5, 0.6) is 5.75 Å². The Kier molecular flexibility index (Phi) is 6.51. The number of carbonyl (C=O) groups excluding carboxylic acids is 2. The zero-order valence-electron chi connectivity index (χ0n) is 17.6. The third-order valence-electron chi connectivity index (χ3n) is 4.79. The predicted molar refractivity (Wildman–Crippen MR) is 114 cm³/mol. The summed E-state index contributed by atoms with van der Waals surface area (Å²) >= 11 is 0. The molecule has 0 aliphatic heterocycles. The van der Waals surface area contributed by atoms with E-state index in [1.807, 2.05) is 39.0 Å². The quantitative estimate of drug-likeness (QED) is 0.599. The first-order valence-corrected chi connectivity index (χ1v) is 9.69. The van der Waals surface area contributed by atoms with Crippen LogP contribution in [0.1, 0.15) is 44.6 Å². The predicted octanol–water partition coefficient (Wildman–Crippen LogP) is 3.99. The molecule has 3 aromatic rings. The molecule has 7 heteroatoms. The maximum atomic E-state index is 12.9. The van der Waals surface area contributed by atoms with E-state index < -0.39 is 5.97 Å².